The normalized spacial score (nSPS) is 16.0. The lowest BCUT2D eigenvalue weighted by molar-refractivity contribution is -0.148. The van der Waals surface area contributed by atoms with Gasteiger partial charge in [-0.1, -0.05) is 89.8 Å². The van der Waals surface area contributed by atoms with Crippen LogP contribution in [0.4, 0.5) is 0 Å². The van der Waals surface area contributed by atoms with Crippen LogP contribution in [0.3, 0.4) is 0 Å². The van der Waals surface area contributed by atoms with E-state index in [4.69, 9.17) is 9.47 Å². The molecule has 0 bridgehead atoms. The monoisotopic (exact) mass is 756 g/mol. The molecule has 1 aliphatic heterocycles. The number of unbranched alkanes of at least 4 members (excludes halogenated alkanes) is 4. The number of hydrogen-bond acceptors (Lipinski definition) is 9. The minimum atomic E-state index is -1.62. The third-order valence-electron chi connectivity index (χ3n) is 9.45. The summed E-state index contributed by atoms with van der Waals surface area (Å²) in [5.41, 5.74) is 3.16. The minimum absolute atomic E-state index is 0.0656. The molecule has 4 unspecified atom stereocenters. The first-order valence-electron chi connectivity index (χ1n) is 18.8. The summed E-state index contributed by atoms with van der Waals surface area (Å²) in [6.07, 6.45) is 8.58. The third kappa shape index (κ3) is 11.2. The van der Waals surface area contributed by atoms with Gasteiger partial charge >= 0.3 is 5.97 Å². The van der Waals surface area contributed by atoms with E-state index >= 15 is 0 Å². The summed E-state index contributed by atoms with van der Waals surface area (Å²) in [5.74, 6) is -1.21. The summed E-state index contributed by atoms with van der Waals surface area (Å²) in [4.78, 5) is 49.9. The van der Waals surface area contributed by atoms with Gasteiger partial charge in [-0.3, -0.25) is 9.59 Å². The second kappa shape index (κ2) is 19.1. The molecule has 12 heteroatoms. The van der Waals surface area contributed by atoms with E-state index in [9.17, 15) is 24.6 Å². The average molecular weight is 757 g/mol. The van der Waals surface area contributed by atoms with Gasteiger partial charge in [0.2, 0.25) is 5.91 Å². The molecular weight excluding hydrogens is 705 g/mol. The van der Waals surface area contributed by atoms with Crippen molar-refractivity contribution in [3.8, 4) is 28.3 Å². The number of aliphatic carboxylic acids is 1. The number of ether oxygens (including phenoxy) is 2. The Morgan fingerprint density at radius 1 is 0.907 bits per heavy atom. The van der Waals surface area contributed by atoms with Gasteiger partial charge in [0.1, 0.15) is 17.9 Å². The number of carbonyl (C=O) groups excluding carboxylic acids is 2. The van der Waals surface area contributed by atoms with Crippen molar-refractivity contribution in [2.24, 2.45) is 0 Å². The lowest BCUT2D eigenvalue weighted by atomic mass is 9.95. The first kappa shape index (κ1) is 40.5. The Balaban J connectivity index is 1.26. The van der Waals surface area contributed by atoms with Crippen molar-refractivity contribution in [1.29, 1.82) is 0 Å². The topological polar surface area (TPSA) is 160 Å². The van der Waals surface area contributed by atoms with Gasteiger partial charge in [0.05, 0.1) is 17.6 Å². The number of carbonyl (C=O) groups is 3. The van der Waals surface area contributed by atoms with Crippen LogP contribution in [-0.4, -0.2) is 75.5 Å². The fourth-order valence-corrected chi connectivity index (χ4v) is 7.19. The van der Waals surface area contributed by atoms with Crippen LogP contribution in [-0.2, 0) is 26.2 Å². The van der Waals surface area contributed by atoms with E-state index in [2.05, 4.69) is 48.3 Å². The zero-order valence-electron chi connectivity index (χ0n) is 31.5. The van der Waals surface area contributed by atoms with Gasteiger partial charge in [-0.25, -0.2) is 14.8 Å². The van der Waals surface area contributed by atoms with Crippen LogP contribution in [0.5, 0.6) is 5.75 Å². The van der Waals surface area contributed by atoms with E-state index in [0.717, 1.165) is 33.7 Å². The minimum Gasteiger partial charge on any atom is -0.494 e. The smallest absolute Gasteiger partial charge is 0.329 e. The molecule has 2 aromatic heterocycles. The van der Waals surface area contributed by atoms with E-state index in [1.165, 1.54) is 37.0 Å². The molecule has 0 aliphatic carbocycles. The van der Waals surface area contributed by atoms with Gasteiger partial charge in [0, 0.05) is 41.4 Å². The Kier molecular flexibility index (Phi) is 14.3. The lowest BCUT2D eigenvalue weighted by Crippen LogP contribution is -2.58. The van der Waals surface area contributed by atoms with E-state index in [-0.39, 0.29) is 11.8 Å². The molecule has 0 spiro atoms. The second-order valence-electron chi connectivity index (χ2n) is 14.8. The molecule has 1 aliphatic rings. The molecule has 0 saturated carbocycles. The number of thiophene rings is 1. The molecule has 2 aromatic carbocycles. The highest BCUT2D eigenvalue weighted by Gasteiger charge is 2.38. The number of carboxylic acids is 1. The Morgan fingerprint density at radius 3 is 2.20 bits per heavy atom. The van der Waals surface area contributed by atoms with Gasteiger partial charge < -0.3 is 30.3 Å². The van der Waals surface area contributed by atoms with Gasteiger partial charge in [0.15, 0.2) is 11.9 Å². The van der Waals surface area contributed by atoms with Crippen molar-refractivity contribution in [2.45, 2.75) is 109 Å². The number of aromatic nitrogens is 2. The lowest BCUT2D eigenvalue weighted by Gasteiger charge is -2.27. The van der Waals surface area contributed by atoms with Gasteiger partial charge in [-0.05, 0) is 60.1 Å². The standard InChI is InChI=1S/C42H52N4O7S/c1-5-6-7-8-9-22-52-31-18-16-28(17-19-31)30-25-43-38(44-26-30)29-14-12-27(13-15-29)24-32(45-40(49)34-20-21-35(54-34)42(2,3)4)39(48)46-36(41(50)51)37(47)33-11-10-23-53-33/h12-21,25-26,32-33,36-37,47H,5-11,22-24H2,1-4H3,(H,45,49)(H,46,48)(H,50,51). The molecule has 1 saturated heterocycles. The summed E-state index contributed by atoms with van der Waals surface area (Å²) in [6.45, 7) is 9.48. The van der Waals surface area contributed by atoms with Crippen LogP contribution >= 0.6 is 11.3 Å². The summed E-state index contributed by atoms with van der Waals surface area (Å²) >= 11 is 1.34. The van der Waals surface area contributed by atoms with Gasteiger partial charge in [0.25, 0.3) is 5.91 Å². The zero-order chi connectivity index (χ0) is 38.7. The van der Waals surface area contributed by atoms with E-state index in [0.29, 0.717) is 42.3 Å². The Morgan fingerprint density at radius 2 is 1.59 bits per heavy atom. The van der Waals surface area contributed by atoms with Crippen molar-refractivity contribution in [2.75, 3.05) is 13.2 Å². The molecule has 0 radical (unpaired) electrons. The molecule has 4 aromatic rings. The molecule has 11 nitrogen and oxygen atoms in total. The Hall–Kier alpha value is -4.65. The van der Waals surface area contributed by atoms with Crippen LogP contribution in [0.1, 0.15) is 92.8 Å². The van der Waals surface area contributed by atoms with Gasteiger partial charge in [-0.2, -0.15) is 0 Å². The van der Waals surface area contributed by atoms with Crippen LogP contribution in [0.25, 0.3) is 22.5 Å². The second-order valence-corrected chi connectivity index (χ2v) is 15.9. The van der Waals surface area contributed by atoms with Crippen molar-refractivity contribution in [3.63, 3.8) is 0 Å². The summed E-state index contributed by atoms with van der Waals surface area (Å²) < 4.78 is 11.4. The SMILES string of the molecule is CCCCCCCOc1ccc(-c2cnc(-c3ccc(CC(NC(=O)c4ccc(C(C)(C)C)s4)C(=O)NC(C(=O)O)C(O)C4CCCO4)cc3)nc2)cc1. The molecule has 54 heavy (non-hydrogen) atoms. The maximum Gasteiger partial charge on any atom is 0.329 e. The summed E-state index contributed by atoms with van der Waals surface area (Å²) in [7, 11) is 0. The Labute approximate surface area is 321 Å². The van der Waals surface area contributed by atoms with E-state index in [1.54, 1.807) is 18.5 Å². The number of aliphatic hydroxyl groups excluding tert-OH is 1. The average Bonchev–Trinajstić information content (AvgIpc) is 3.90. The van der Waals surface area contributed by atoms with Crippen molar-refractivity contribution >= 4 is 29.1 Å². The van der Waals surface area contributed by atoms with Crippen molar-refractivity contribution < 1.29 is 34.1 Å². The molecule has 288 valence electrons. The predicted molar refractivity (Wildman–Crippen MR) is 210 cm³/mol. The van der Waals surface area contributed by atoms with Crippen LogP contribution in [0.2, 0.25) is 0 Å². The summed E-state index contributed by atoms with van der Waals surface area (Å²) in [5, 5.41) is 26.0. The fourth-order valence-electron chi connectivity index (χ4n) is 6.23. The number of hydrogen-bond donors (Lipinski definition) is 4. The maximum absolute atomic E-state index is 13.7. The van der Waals surface area contributed by atoms with Crippen LogP contribution in [0.15, 0.2) is 73.1 Å². The van der Waals surface area contributed by atoms with E-state index in [1.807, 2.05) is 54.6 Å². The maximum atomic E-state index is 13.7. The van der Waals surface area contributed by atoms with E-state index < -0.39 is 42.1 Å². The highest BCUT2D eigenvalue weighted by Crippen LogP contribution is 2.30. The number of amides is 2. The summed E-state index contributed by atoms with van der Waals surface area (Å²) in [6, 6.07) is 16.1. The number of nitrogens with one attached hydrogen (secondary N) is 2. The van der Waals surface area contributed by atoms with Gasteiger partial charge in [-0.15, -0.1) is 11.3 Å². The number of rotatable bonds is 18. The quantitative estimate of drug-likeness (QED) is 0.0787. The number of carboxylic acid groups (broad SMARTS) is 1. The number of benzene rings is 2. The Bertz CT molecular complexity index is 1820. The first-order valence-corrected chi connectivity index (χ1v) is 19.6. The number of nitrogens with zero attached hydrogens (tertiary/aromatic N) is 2. The highest BCUT2D eigenvalue weighted by molar-refractivity contribution is 7.14. The predicted octanol–water partition coefficient (Wildman–Crippen LogP) is 6.97. The van der Waals surface area contributed by atoms with Crippen LogP contribution < -0.4 is 15.4 Å². The molecule has 2 amide bonds. The van der Waals surface area contributed by atoms with Crippen LogP contribution in [0, 0.1) is 0 Å². The molecule has 3 heterocycles. The van der Waals surface area contributed by atoms with Crippen molar-refractivity contribution in [1.82, 2.24) is 20.6 Å². The van der Waals surface area contributed by atoms with Crippen molar-refractivity contribution in [3.05, 3.63) is 88.4 Å². The highest BCUT2D eigenvalue weighted by atomic mass is 32.1. The first-order chi connectivity index (χ1) is 25.9. The molecule has 1 fully saturated rings. The molecule has 4 N–H and O–H groups in total. The molecular formula is C42H52N4O7S. The fraction of sp³-hybridized carbons (Fsp3) is 0.452. The molecule has 4 atom stereocenters. The zero-order valence-corrected chi connectivity index (χ0v) is 32.4. The largest absolute Gasteiger partial charge is 0.494 e. The molecule has 5 rings (SSSR count). The third-order valence-corrected chi connectivity index (χ3v) is 11.0. The number of aliphatic hydroxyl groups is 1.